The van der Waals surface area contributed by atoms with Crippen LogP contribution in [-0.4, -0.2) is 9.59 Å². The minimum absolute atomic E-state index is 0.149. The second kappa shape index (κ2) is 5.59. The summed E-state index contributed by atoms with van der Waals surface area (Å²) in [6, 6.07) is 3.09. The van der Waals surface area contributed by atoms with E-state index in [1.807, 2.05) is 0 Å². The molecule has 0 saturated heterocycles. The summed E-state index contributed by atoms with van der Waals surface area (Å²) in [6.45, 7) is 0.149. The molecule has 0 fully saturated rings. The highest BCUT2D eigenvalue weighted by molar-refractivity contribution is 7.10. The molecule has 0 atom stereocenters. The minimum Gasteiger partial charge on any atom is -0.484 e. The van der Waals surface area contributed by atoms with Gasteiger partial charge in [-0.1, -0.05) is 50.9 Å². The first kappa shape index (κ1) is 13.2. The summed E-state index contributed by atoms with van der Waals surface area (Å²) in [5, 5.41) is 4.92. The predicted octanol–water partition coefficient (Wildman–Crippen LogP) is 4.73. The average molecular weight is 330 g/mol. The van der Waals surface area contributed by atoms with Gasteiger partial charge >= 0.3 is 0 Å². The van der Waals surface area contributed by atoms with Gasteiger partial charge in [-0.25, -0.2) is 0 Å². The van der Waals surface area contributed by atoms with Gasteiger partial charge in [-0.05, 0) is 12.1 Å². The topological polar surface area (TPSA) is 35.0 Å². The van der Waals surface area contributed by atoms with Crippen LogP contribution in [0.25, 0.3) is 0 Å². The van der Waals surface area contributed by atoms with E-state index in [4.69, 9.17) is 51.1 Å². The van der Waals surface area contributed by atoms with Crippen LogP contribution in [0.3, 0.4) is 0 Å². The van der Waals surface area contributed by atoms with Gasteiger partial charge in [0.15, 0.2) is 5.75 Å². The predicted molar refractivity (Wildman–Crippen MR) is 70.7 cm³/mol. The standard InChI is InChI=1S/C9H4Cl4N2OS/c10-4-1-5(11)8(6(12)2-4)16-3-7-9(13)17-15-14-7/h1-2H,3H2. The summed E-state index contributed by atoms with van der Waals surface area (Å²) in [5.41, 5.74) is 0.541. The van der Waals surface area contributed by atoms with E-state index in [9.17, 15) is 0 Å². The Hall–Kier alpha value is -0.260. The highest BCUT2D eigenvalue weighted by atomic mass is 35.5. The maximum atomic E-state index is 5.95. The Morgan fingerprint density at radius 1 is 1.12 bits per heavy atom. The number of aromatic nitrogens is 2. The zero-order valence-electron chi connectivity index (χ0n) is 8.08. The Morgan fingerprint density at radius 3 is 2.29 bits per heavy atom. The Bertz CT molecular complexity index is 523. The van der Waals surface area contributed by atoms with Crippen molar-refractivity contribution < 1.29 is 4.74 Å². The molecule has 0 unspecified atom stereocenters. The lowest BCUT2D eigenvalue weighted by molar-refractivity contribution is 0.301. The first-order valence-corrected chi connectivity index (χ1v) is 6.60. The fourth-order valence-electron chi connectivity index (χ4n) is 1.09. The van der Waals surface area contributed by atoms with Crippen LogP contribution < -0.4 is 4.74 Å². The van der Waals surface area contributed by atoms with Crippen molar-refractivity contribution in [2.75, 3.05) is 0 Å². The van der Waals surface area contributed by atoms with Gasteiger partial charge in [0, 0.05) is 16.6 Å². The highest BCUT2D eigenvalue weighted by Gasteiger charge is 2.12. The van der Waals surface area contributed by atoms with Crippen LogP contribution in [0.4, 0.5) is 0 Å². The third-order valence-electron chi connectivity index (χ3n) is 1.83. The molecule has 0 amide bonds. The molecule has 0 saturated carbocycles. The van der Waals surface area contributed by atoms with Crippen LogP contribution in [0.1, 0.15) is 5.69 Å². The molecule has 1 heterocycles. The van der Waals surface area contributed by atoms with Crippen LogP contribution in [0, 0.1) is 0 Å². The van der Waals surface area contributed by atoms with Crippen molar-refractivity contribution in [3.05, 3.63) is 37.2 Å². The Balaban J connectivity index is 2.17. The van der Waals surface area contributed by atoms with E-state index in [0.29, 0.717) is 30.8 Å². The minimum atomic E-state index is 0.149. The SMILES string of the molecule is Clc1cc(Cl)c(OCc2nnsc2Cl)c(Cl)c1. The monoisotopic (exact) mass is 328 g/mol. The maximum absolute atomic E-state index is 5.95. The number of halogens is 4. The third-order valence-corrected chi connectivity index (χ3v) is 3.59. The Morgan fingerprint density at radius 2 is 1.76 bits per heavy atom. The van der Waals surface area contributed by atoms with Crippen molar-refractivity contribution in [3.63, 3.8) is 0 Å². The lowest BCUT2D eigenvalue weighted by atomic mass is 10.3. The highest BCUT2D eigenvalue weighted by Crippen LogP contribution is 2.36. The molecule has 0 aliphatic carbocycles. The van der Waals surface area contributed by atoms with Gasteiger partial charge in [-0.3, -0.25) is 0 Å². The van der Waals surface area contributed by atoms with Crippen molar-refractivity contribution in [1.82, 2.24) is 9.59 Å². The molecule has 1 aromatic carbocycles. The first-order chi connectivity index (χ1) is 8.08. The van der Waals surface area contributed by atoms with Crippen LogP contribution in [0.2, 0.25) is 19.4 Å². The summed E-state index contributed by atoms with van der Waals surface area (Å²) in [4.78, 5) is 0. The van der Waals surface area contributed by atoms with E-state index in [1.54, 1.807) is 12.1 Å². The fourth-order valence-corrected chi connectivity index (χ4v) is 2.62. The molecular formula is C9H4Cl4N2OS. The molecular weight excluding hydrogens is 326 g/mol. The fraction of sp³-hybridized carbons (Fsp3) is 0.111. The van der Waals surface area contributed by atoms with Gasteiger partial charge < -0.3 is 4.74 Å². The van der Waals surface area contributed by atoms with Gasteiger partial charge in [-0.2, -0.15) is 0 Å². The van der Waals surface area contributed by atoms with Gasteiger partial charge in [0.2, 0.25) is 0 Å². The molecule has 0 bridgehead atoms. The zero-order chi connectivity index (χ0) is 12.4. The Kier molecular flexibility index (Phi) is 4.33. The molecule has 1 aromatic heterocycles. The first-order valence-electron chi connectivity index (χ1n) is 4.32. The van der Waals surface area contributed by atoms with Gasteiger partial charge in [-0.15, -0.1) is 5.10 Å². The summed E-state index contributed by atoms with van der Waals surface area (Å²) in [6.07, 6.45) is 0. The summed E-state index contributed by atoms with van der Waals surface area (Å²) >= 11 is 24.6. The molecule has 2 rings (SSSR count). The third kappa shape index (κ3) is 3.14. The second-order valence-corrected chi connectivity index (χ2v) is 5.59. The molecule has 2 aromatic rings. The lowest BCUT2D eigenvalue weighted by Crippen LogP contribution is -1.97. The Labute approximate surface area is 121 Å². The zero-order valence-corrected chi connectivity index (χ0v) is 11.9. The van der Waals surface area contributed by atoms with Crippen LogP contribution in [0.15, 0.2) is 12.1 Å². The summed E-state index contributed by atoms with van der Waals surface area (Å²) < 4.78 is 9.61. The average Bonchev–Trinajstić information content (AvgIpc) is 2.62. The summed E-state index contributed by atoms with van der Waals surface area (Å²) in [7, 11) is 0. The number of nitrogens with zero attached hydrogens (tertiary/aromatic N) is 2. The van der Waals surface area contributed by atoms with Gasteiger partial charge in [0.1, 0.15) is 16.6 Å². The number of ether oxygens (including phenoxy) is 1. The molecule has 90 valence electrons. The number of rotatable bonds is 3. The second-order valence-electron chi connectivity index (χ2n) is 2.98. The number of benzene rings is 1. The van der Waals surface area contributed by atoms with Crippen molar-refractivity contribution in [3.8, 4) is 5.75 Å². The van der Waals surface area contributed by atoms with Crippen molar-refractivity contribution in [1.29, 1.82) is 0 Å². The van der Waals surface area contributed by atoms with E-state index < -0.39 is 0 Å². The van der Waals surface area contributed by atoms with E-state index in [2.05, 4.69) is 9.59 Å². The van der Waals surface area contributed by atoms with E-state index in [1.165, 1.54) is 0 Å². The van der Waals surface area contributed by atoms with E-state index in [-0.39, 0.29) is 6.61 Å². The molecule has 3 nitrogen and oxygen atoms in total. The smallest absolute Gasteiger partial charge is 0.157 e. The maximum Gasteiger partial charge on any atom is 0.157 e. The van der Waals surface area contributed by atoms with Crippen molar-refractivity contribution >= 4 is 57.9 Å². The van der Waals surface area contributed by atoms with Gasteiger partial charge in [0.25, 0.3) is 0 Å². The normalized spacial score (nSPS) is 10.6. The molecule has 17 heavy (non-hydrogen) atoms. The van der Waals surface area contributed by atoms with Gasteiger partial charge in [0.05, 0.1) is 10.0 Å². The number of hydrogen-bond acceptors (Lipinski definition) is 4. The molecule has 0 radical (unpaired) electrons. The van der Waals surface area contributed by atoms with Crippen LogP contribution >= 0.6 is 57.9 Å². The molecule has 0 N–H and O–H groups in total. The molecule has 0 aliphatic heterocycles. The van der Waals surface area contributed by atoms with Crippen molar-refractivity contribution in [2.45, 2.75) is 6.61 Å². The largest absolute Gasteiger partial charge is 0.484 e. The van der Waals surface area contributed by atoms with Crippen LogP contribution in [0.5, 0.6) is 5.75 Å². The van der Waals surface area contributed by atoms with Crippen molar-refractivity contribution in [2.24, 2.45) is 0 Å². The number of hydrogen-bond donors (Lipinski definition) is 0. The van der Waals surface area contributed by atoms with Crippen LogP contribution in [-0.2, 0) is 6.61 Å². The van der Waals surface area contributed by atoms with E-state index >= 15 is 0 Å². The summed E-state index contributed by atoms with van der Waals surface area (Å²) in [5.74, 6) is 0.349. The lowest BCUT2D eigenvalue weighted by Gasteiger charge is -2.08. The molecule has 8 heteroatoms. The molecule has 0 aliphatic rings. The van der Waals surface area contributed by atoms with E-state index in [0.717, 1.165) is 11.5 Å². The molecule has 0 spiro atoms. The quantitative estimate of drug-likeness (QED) is 0.816.